The zero-order valence-corrected chi connectivity index (χ0v) is 25.8. The standard InChI is InChI=1S/C31H36BrN5.C2H6/c1-5-6-12-23(2)24(3)29-20-30(37-31(35-29)28(32)21-34-37)33-17-11-18-36(4)22-25-13-10-16-27(19-25)26-14-8-7-9-15-26;1-2/h6-10,12-16,19-21,33H,5,11,17-18,22H2,1-4H3;1-2H3/b12-6-,24-23+;. The molecule has 0 bridgehead atoms. The minimum atomic E-state index is 0.821. The molecule has 4 rings (SSSR count). The molecule has 39 heavy (non-hydrogen) atoms. The van der Waals surface area contributed by atoms with E-state index >= 15 is 0 Å². The first-order chi connectivity index (χ1) is 19.0. The Hall–Kier alpha value is -3.22. The van der Waals surface area contributed by atoms with Gasteiger partial charge in [-0.3, -0.25) is 0 Å². The quantitative estimate of drug-likeness (QED) is 0.140. The first-order valence-electron chi connectivity index (χ1n) is 13.9. The molecule has 206 valence electrons. The van der Waals surface area contributed by atoms with Gasteiger partial charge >= 0.3 is 0 Å². The van der Waals surface area contributed by atoms with Crippen molar-refractivity contribution in [1.82, 2.24) is 19.5 Å². The summed E-state index contributed by atoms with van der Waals surface area (Å²) in [4.78, 5) is 7.25. The lowest BCUT2D eigenvalue weighted by molar-refractivity contribution is 0.325. The van der Waals surface area contributed by atoms with E-state index in [0.29, 0.717) is 0 Å². The first kappa shape index (κ1) is 30.3. The second-order valence-corrected chi connectivity index (χ2v) is 10.3. The normalized spacial score (nSPS) is 12.0. The Bertz CT molecular complexity index is 1390. The van der Waals surface area contributed by atoms with Gasteiger partial charge in [0.05, 0.1) is 16.4 Å². The highest BCUT2D eigenvalue weighted by molar-refractivity contribution is 9.10. The minimum Gasteiger partial charge on any atom is -0.370 e. The van der Waals surface area contributed by atoms with Crippen molar-refractivity contribution in [1.29, 1.82) is 0 Å². The Morgan fingerprint density at radius 3 is 2.51 bits per heavy atom. The smallest absolute Gasteiger partial charge is 0.172 e. The second kappa shape index (κ2) is 15.4. The van der Waals surface area contributed by atoms with Crippen molar-refractivity contribution >= 4 is 33.0 Å². The lowest BCUT2D eigenvalue weighted by atomic mass is 10.0. The monoisotopic (exact) mass is 587 g/mol. The number of nitrogens with zero attached hydrogens (tertiary/aromatic N) is 4. The summed E-state index contributed by atoms with van der Waals surface area (Å²) < 4.78 is 2.76. The highest BCUT2D eigenvalue weighted by Crippen LogP contribution is 2.25. The van der Waals surface area contributed by atoms with Crippen molar-refractivity contribution in [3.05, 3.63) is 100 Å². The summed E-state index contributed by atoms with van der Waals surface area (Å²) in [5.41, 5.74) is 8.02. The Labute approximate surface area is 242 Å². The maximum Gasteiger partial charge on any atom is 0.172 e. The first-order valence-corrected chi connectivity index (χ1v) is 14.7. The molecule has 6 heteroatoms. The van der Waals surface area contributed by atoms with Gasteiger partial charge in [0.1, 0.15) is 5.82 Å². The third-order valence-corrected chi connectivity index (χ3v) is 7.08. The molecule has 4 aromatic rings. The zero-order chi connectivity index (χ0) is 28.2. The van der Waals surface area contributed by atoms with E-state index in [1.54, 1.807) is 6.20 Å². The zero-order valence-electron chi connectivity index (χ0n) is 24.2. The molecule has 0 saturated carbocycles. The largest absolute Gasteiger partial charge is 0.370 e. The third-order valence-electron chi connectivity index (χ3n) is 6.52. The topological polar surface area (TPSA) is 45.5 Å². The number of nitrogens with one attached hydrogen (secondary N) is 1. The molecule has 0 aliphatic carbocycles. The van der Waals surface area contributed by atoms with Crippen LogP contribution in [-0.4, -0.2) is 39.6 Å². The average Bonchev–Trinajstić information content (AvgIpc) is 3.35. The number of halogens is 1. The summed E-state index contributed by atoms with van der Waals surface area (Å²) in [6.45, 7) is 13.2. The van der Waals surface area contributed by atoms with Gasteiger partial charge in [-0.2, -0.15) is 9.61 Å². The molecule has 1 N–H and O–H groups in total. The van der Waals surface area contributed by atoms with Gasteiger partial charge in [0, 0.05) is 19.2 Å². The maximum atomic E-state index is 4.87. The van der Waals surface area contributed by atoms with Crippen LogP contribution < -0.4 is 5.32 Å². The van der Waals surface area contributed by atoms with E-state index in [0.717, 1.165) is 54.1 Å². The van der Waals surface area contributed by atoms with E-state index in [9.17, 15) is 0 Å². The van der Waals surface area contributed by atoms with Crippen molar-refractivity contribution in [2.75, 3.05) is 25.5 Å². The van der Waals surface area contributed by atoms with Gasteiger partial charge in [-0.05, 0) is 90.1 Å². The van der Waals surface area contributed by atoms with Gasteiger partial charge in [-0.1, -0.05) is 81.5 Å². The highest BCUT2D eigenvalue weighted by Gasteiger charge is 2.12. The van der Waals surface area contributed by atoms with E-state index in [1.807, 2.05) is 18.4 Å². The number of benzene rings is 2. The molecule has 0 radical (unpaired) electrons. The number of rotatable bonds is 11. The summed E-state index contributed by atoms with van der Waals surface area (Å²) in [5, 5.41) is 8.12. The van der Waals surface area contributed by atoms with Crippen LogP contribution in [-0.2, 0) is 6.54 Å². The maximum absolute atomic E-state index is 4.87. The van der Waals surface area contributed by atoms with Crippen LogP contribution in [0.15, 0.2) is 89.1 Å². The molecule has 2 aromatic heterocycles. The molecule has 0 amide bonds. The van der Waals surface area contributed by atoms with Gasteiger partial charge in [-0.15, -0.1) is 0 Å². The van der Waals surface area contributed by atoms with Crippen LogP contribution in [0.1, 0.15) is 58.7 Å². The molecule has 0 fully saturated rings. The fourth-order valence-corrected chi connectivity index (χ4v) is 4.66. The molecule has 0 aliphatic heterocycles. The van der Waals surface area contributed by atoms with Crippen molar-refractivity contribution in [3.8, 4) is 11.1 Å². The van der Waals surface area contributed by atoms with Gasteiger partial charge in [0.2, 0.25) is 0 Å². The van der Waals surface area contributed by atoms with Gasteiger partial charge in [0.15, 0.2) is 5.65 Å². The van der Waals surface area contributed by atoms with Crippen LogP contribution in [0.25, 0.3) is 22.3 Å². The number of hydrogen-bond donors (Lipinski definition) is 1. The summed E-state index contributed by atoms with van der Waals surface area (Å²) in [5.74, 6) is 0.954. The molecule has 0 saturated heterocycles. The Kier molecular flexibility index (Phi) is 12.0. The molecule has 5 nitrogen and oxygen atoms in total. The number of anilines is 1. The fraction of sp³-hybridized carbons (Fsp3) is 0.333. The lowest BCUT2D eigenvalue weighted by Gasteiger charge is -2.18. The summed E-state index contributed by atoms with van der Waals surface area (Å²) >= 11 is 3.61. The second-order valence-electron chi connectivity index (χ2n) is 9.46. The van der Waals surface area contributed by atoms with Crippen LogP contribution in [0.4, 0.5) is 5.82 Å². The Morgan fingerprint density at radius 1 is 1.03 bits per heavy atom. The summed E-state index contributed by atoms with van der Waals surface area (Å²) in [6.07, 6.45) is 8.19. The molecular formula is C33H42BrN5. The van der Waals surface area contributed by atoms with E-state index in [2.05, 4.69) is 132 Å². The number of hydrogen-bond acceptors (Lipinski definition) is 4. The molecule has 0 unspecified atom stereocenters. The SMILES string of the molecule is CC.CC/C=C\C(C)=C(/C)c1cc(NCCCN(C)Cc2cccc(-c3ccccc3)c2)n2ncc(Br)c2n1. The highest BCUT2D eigenvalue weighted by atomic mass is 79.9. The van der Waals surface area contributed by atoms with Crippen molar-refractivity contribution < 1.29 is 0 Å². The minimum absolute atomic E-state index is 0.821. The predicted octanol–water partition coefficient (Wildman–Crippen LogP) is 8.88. The van der Waals surface area contributed by atoms with Crippen LogP contribution >= 0.6 is 15.9 Å². The molecule has 0 atom stereocenters. The Morgan fingerprint density at radius 2 is 1.77 bits per heavy atom. The number of aromatic nitrogens is 3. The fourth-order valence-electron chi connectivity index (χ4n) is 4.31. The molecular weight excluding hydrogens is 546 g/mol. The summed E-state index contributed by atoms with van der Waals surface area (Å²) in [7, 11) is 2.18. The third kappa shape index (κ3) is 8.38. The number of fused-ring (bicyclic) bond motifs is 1. The van der Waals surface area contributed by atoms with E-state index in [1.165, 1.54) is 27.8 Å². The predicted molar refractivity (Wildman–Crippen MR) is 171 cm³/mol. The van der Waals surface area contributed by atoms with Gasteiger partial charge < -0.3 is 10.2 Å². The van der Waals surface area contributed by atoms with Gasteiger partial charge in [-0.25, -0.2) is 4.98 Å². The van der Waals surface area contributed by atoms with E-state index < -0.39 is 0 Å². The molecule has 2 aromatic carbocycles. The van der Waals surface area contributed by atoms with E-state index in [4.69, 9.17) is 4.98 Å². The molecule has 2 heterocycles. The summed E-state index contributed by atoms with van der Waals surface area (Å²) in [6, 6.07) is 21.5. The van der Waals surface area contributed by atoms with Crippen molar-refractivity contribution in [2.45, 2.75) is 54.0 Å². The van der Waals surface area contributed by atoms with Gasteiger partial charge in [0.25, 0.3) is 0 Å². The van der Waals surface area contributed by atoms with Crippen LogP contribution in [0.5, 0.6) is 0 Å². The lowest BCUT2D eigenvalue weighted by Crippen LogP contribution is -2.21. The van der Waals surface area contributed by atoms with Crippen molar-refractivity contribution in [2.24, 2.45) is 0 Å². The molecule has 0 aliphatic rings. The van der Waals surface area contributed by atoms with Crippen LogP contribution in [0.2, 0.25) is 0 Å². The van der Waals surface area contributed by atoms with Crippen LogP contribution in [0, 0.1) is 0 Å². The Balaban J connectivity index is 0.00000205. The van der Waals surface area contributed by atoms with Crippen molar-refractivity contribution in [3.63, 3.8) is 0 Å². The average molecular weight is 589 g/mol. The molecule has 0 spiro atoms. The van der Waals surface area contributed by atoms with Crippen LogP contribution in [0.3, 0.4) is 0 Å². The van der Waals surface area contributed by atoms with E-state index in [-0.39, 0.29) is 0 Å². The number of allylic oxidation sites excluding steroid dienone is 4.